The van der Waals surface area contributed by atoms with E-state index in [-0.39, 0.29) is 23.5 Å². The Hall–Kier alpha value is -3.21. The highest BCUT2D eigenvalue weighted by Gasteiger charge is 2.51. The Balaban J connectivity index is 1.55. The molecular weight excluding hydrogens is 402 g/mol. The van der Waals surface area contributed by atoms with Crippen LogP contribution in [0.15, 0.2) is 36.4 Å². The summed E-state index contributed by atoms with van der Waals surface area (Å²) in [6.45, 7) is 10.1. The molecule has 2 bridgehead atoms. The second-order valence-corrected chi connectivity index (χ2v) is 9.23. The maximum absolute atomic E-state index is 13.3. The van der Waals surface area contributed by atoms with E-state index < -0.39 is 17.8 Å². The van der Waals surface area contributed by atoms with Gasteiger partial charge in [-0.1, -0.05) is 12.2 Å². The third kappa shape index (κ3) is 3.46. The van der Waals surface area contributed by atoms with Crippen LogP contribution in [-0.2, 0) is 9.59 Å². The van der Waals surface area contributed by atoms with Gasteiger partial charge in [-0.2, -0.15) is 0 Å². The van der Waals surface area contributed by atoms with Crippen molar-refractivity contribution >= 4 is 23.3 Å². The molecule has 1 amide bonds. The minimum Gasteiger partial charge on any atom is -0.481 e. The van der Waals surface area contributed by atoms with Gasteiger partial charge in [0.05, 0.1) is 11.8 Å². The van der Waals surface area contributed by atoms with Crippen molar-refractivity contribution in [1.82, 2.24) is 0 Å². The highest BCUT2D eigenvalue weighted by atomic mass is 16.4. The summed E-state index contributed by atoms with van der Waals surface area (Å²) in [6, 6.07) is 6.86. The number of carbonyl (C=O) groups excluding carboxylic acids is 2. The molecule has 166 valence electrons. The average molecular weight is 432 g/mol. The molecule has 4 atom stereocenters. The summed E-state index contributed by atoms with van der Waals surface area (Å²) in [5, 5.41) is 12.4. The predicted octanol–water partition coefficient (Wildman–Crippen LogP) is 4.92. The van der Waals surface area contributed by atoms with Gasteiger partial charge in [-0.25, -0.2) is 0 Å². The summed E-state index contributed by atoms with van der Waals surface area (Å²) in [5.74, 6) is -2.56. The van der Waals surface area contributed by atoms with Gasteiger partial charge in [0, 0.05) is 16.8 Å². The minimum absolute atomic E-state index is 0.0269. The van der Waals surface area contributed by atoms with Crippen LogP contribution in [0.5, 0.6) is 0 Å². The monoisotopic (exact) mass is 431 g/mol. The summed E-state index contributed by atoms with van der Waals surface area (Å²) in [4.78, 5) is 37.9. The molecule has 2 aromatic rings. The Morgan fingerprint density at radius 2 is 1.28 bits per heavy atom. The number of anilines is 1. The van der Waals surface area contributed by atoms with Crippen molar-refractivity contribution in [3.8, 4) is 0 Å². The summed E-state index contributed by atoms with van der Waals surface area (Å²) in [6.07, 6.45) is 4.61. The Bertz CT molecular complexity index is 1130. The fraction of sp³-hybridized carbons (Fsp3) is 0.370. The fourth-order valence-electron chi connectivity index (χ4n) is 5.43. The Morgan fingerprint density at radius 1 is 0.781 bits per heavy atom. The number of carboxylic acids is 1. The first-order valence-electron chi connectivity index (χ1n) is 11.1. The van der Waals surface area contributed by atoms with Gasteiger partial charge in [0.1, 0.15) is 0 Å². The summed E-state index contributed by atoms with van der Waals surface area (Å²) >= 11 is 0. The van der Waals surface area contributed by atoms with Crippen LogP contribution in [0.3, 0.4) is 0 Å². The second-order valence-electron chi connectivity index (χ2n) is 9.23. The standard InChI is InChI=1S/C27H29NO4/c1-13-14(2)16(4)22(17(5)15(13)3)25(29)18-8-10-21(11-9-18)28-26(30)23-19-6-7-20(12-19)24(23)27(31)32/h6-11,19-20,23-24H,12H2,1-5H3,(H,28,30)(H,31,32). The lowest BCUT2D eigenvalue weighted by molar-refractivity contribution is -0.146. The summed E-state index contributed by atoms with van der Waals surface area (Å²) in [5.41, 5.74) is 7.33. The molecule has 0 spiro atoms. The van der Waals surface area contributed by atoms with Crippen LogP contribution in [0.4, 0.5) is 5.69 Å². The number of allylic oxidation sites excluding steroid dienone is 2. The number of aliphatic carboxylic acids is 1. The highest BCUT2D eigenvalue weighted by Crippen LogP contribution is 2.48. The molecule has 4 rings (SSSR count). The first kappa shape index (κ1) is 22.0. The minimum atomic E-state index is -0.919. The van der Waals surface area contributed by atoms with Crippen molar-refractivity contribution in [2.75, 3.05) is 5.32 Å². The normalized spacial score (nSPS) is 23.4. The number of benzene rings is 2. The highest BCUT2D eigenvalue weighted by molar-refractivity contribution is 6.11. The number of ketones is 1. The first-order valence-corrected chi connectivity index (χ1v) is 11.1. The van der Waals surface area contributed by atoms with E-state index >= 15 is 0 Å². The molecular formula is C27H29NO4. The Labute approximate surface area is 188 Å². The van der Waals surface area contributed by atoms with Crippen molar-refractivity contribution in [2.45, 2.75) is 41.0 Å². The van der Waals surface area contributed by atoms with Crippen LogP contribution in [0.25, 0.3) is 0 Å². The number of fused-ring (bicyclic) bond motifs is 2. The topological polar surface area (TPSA) is 83.5 Å². The van der Waals surface area contributed by atoms with Gasteiger partial charge in [-0.3, -0.25) is 14.4 Å². The smallest absolute Gasteiger partial charge is 0.307 e. The number of nitrogens with one attached hydrogen (secondary N) is 1. The van der Waals surface area contributed by atoms with E-state index in [0.717, 1.165) is 34.2 Å². The lowest BCUT2D eigenvalue weighted by atomic mass is 9.82. The number of amides is 1. The van der Waals surface area contributed by atoms with Gasteiger partial charge >= 0.3 is 5.97 Å². The van der Waals surface area contributed by atoms with E-state index in [1.165, 1.54) is 5.56 Å². The third-order valence-corrected chi connectivity index (χ3v) is 7.69. The zero-order chi connectivity index (χ0) is 23.3. The van der Waals surface area contributed by atoms with Crippen LogP contribution < -0.4 is 5.32 Å². The number of carbonyl (C=O) groups is 3. The molecule has 2 N–H and O–H groups in total. The lowest BCUT2D eigenvalue weighted by Gasteiger charge is -2.23. The van der Waals surface area contributed by atoms with Crippen molar-refractivity contribution in [3.05, 3.63) is 75.4 Å². The molecule has 4 unspecified atom stereocenters. The Morgan fingerprint density at radius 3 is 1.81 bits per heavy atom. The molecule has 0 radical (unpaired) electrons. The first-order chi connectivity index (χ1) is 15.1. The number of rotatable bonds is 5. The van der Waals surface area contributed by atoms with E-state index in [1.807, 2.05) is 39.8 Å². The molecule has 0 heterocycles. The number of carboxylic acid groups (broad SMARTS) is 1. The summed E-state index contributed by atoms with van der Waals surface area (Å²) in [7, 11) is 0. The molecule has 2 aliphatic carbocycles. The van der Waals surface area contributed by atoms with Crippen molar-refractivity contribution in [1.29, 1.82) is 0 Å². The second kappa shape index (κ2) is 8.05. The molecule has 0 aliphatic heterocycles. The van der Waals surface area contributed by atoms with E-state index in [9.17, 15) is 19.5 Å². The van der Waals surface area contributed by atoms with Crippen LogP contribution in [0, 0.1) is 58.3 Å². The van der Waals surface area contributed by atoms with E-state index in [0.29, 0.717) is 11.3 Å². The van der Waals surface area contributed by atoms with Crippen LogP contribution in [0.1, 0.15) is 50.2 Å². The average Bonchev–Trinajstić information content (AvgIpc) is 3.38. The maximum Gasteiger partial charge on any atom is 0.307 e. The molecule has 32 heavy (non-hydrogen) atoms. The quantitative estimate of drug-likeness (QED) is 0.520. The van der Waals surface area contributed by atoms with Gasteiger partial charge in [-0.15, -0.1) is 0 Å². The van der Waals surface area contributed by atoms with Crippen LogP contribution >= 0.6 is 0 Å². The molecule has 2 aromatic carbocycles. The molecule has 0 aromatic heterocycles. The zero-order valence-electron chi connectivity index (χ0n) is 19.2. The van der Waals surface area contributed by atoms with Crippen molar-refractivity contribution in [3.63, 3.8) is 0 Å². The number of hydrogen-bond donors (Lipinski definition) is 2. The molecule has 1 fully saturated rings. The van der Waals surface area contributed by atoms with Gasteiger partial charge in [0.2, 0.25) is 5.91 Å². The van der Waals surface area contributed by atoms with Gasteiger partial charge in [0.15, 0.2) is 5.78 Å². The van der Waals surface area contributed by atoms with E-state index in [4.69, 9.17) is 0 Å². The maximum atomic E-state index is 13.3. The Kier molecular flexibility index (Phi) is 5.53. The number of hydrogen-bond acceptors (Lipinski definition) is 3. The molecule has 5 nitrogen and oxygen atoms in total. The zero-order valence-corrected chi connectivity index (χ0v) is 19.2. The van der Waals surface area contributed by atoms with Crippen molar-refractivity contribution in [2.24, 2.45) is 23.7 Å². The van der Waals surface area contributed by atoms with E-state index in [1.54, 1.807) is 24.3 Å². The molecule has 0 saturated heterocycles. The van der Waals surface area contributed by atoms with Gasteiger partial charge in [-0.05, 0) is 105 Å². The van der Waals surface area contributed by atoms with Gasteiger partial charge < -0.3 is 10.4 Å². The molecule has 2 aliphatic rings. The lowest BCUT2D eigenvalue weighted by Crippen LogP contribution is -2.36. The molecule has 1 saturated carbocycles. The van der Waals surface area contributed by atoms with E-state index in [2.05, 4.69) is 12.2 Å². The van der Waals surface area contributed by atoms with Crippen molar-refractivity contribution < 1.29 is 19.5 Å². The van der Waals surface area contributed by atoms with Gasteiger partial charge in [0.25, 0.3) is 0 Å². The third-order valence-electron chi connectivity index (χ3n) is 7.69. The SMILES string of the molecule is Cc1c(C)c(C)c(C(=O)c2ccc(NC(=O)C3C4C=CC(C4)C3C(=O)O)cc2)c(C)c1C. The predicted molar refractivity (Wildman–Crippen MR) is 124 cm³/mol. The molecule has 5 heteroatoms. The fourth-order valence-corrected chi connectivity index (χ4v) is 5.43. The van der Waals surface area contributed by atoms with Crippen LogP contribution in [0.2, 0.25) is 0 Å². The van der Waals surface area contributed by atoms with Crippen LogP contribution in [-0.4, -0.2) is 22.8 Å². The largest absolute Gasteiger partial charge is 0.481 e. The summed E-state index contributed by atoms with van der Waals surface area (Å²) < 4.78 is 0.